The van der Waals surface area contributed by atoms with E-state index in [1.54, 1.807) is 25.1 Å². The molecule has 0 bridgehead atoms. The zero-order chi connectivity index (χ0) is 10.0. The van der Waals surface area contributed by atoms with Gasteiger partial charge in [-0.15, -0.1) is 0 Å². The highest BCUT2D eigenvalue weighted by molar-refractivity contribution is 9.10. The van der Waals surface area contributed by atoms with Gasteiger partial charge in [0.2, 0.25) is 0 Å². The standard InChI is InChI=1S/C9H10BrNO2/c1-5(11)8-4-6(10)2-3-7(8)9(12)13/h2-5H,11H2,1H3,(H,12,13)/t5-/m0/s1. The molecule has 70 valence electrons. The van der Waals surface area contributed by atoms with Crippen molar-refractivity contribution in [1.29, 1.82) is 0 Å². The van der Waals surface area contributed by atoms with E-state index in [-0.39, 0.29) is 11.6 Å². The van der Waals surface area contributed by atoms with E-state index in [2.05, 4.69) is 15.9 Å². The van der Waals surface area contributed by atoms with Crippen LogP contribution in [0.15, 0.2) is 22.7 Å². The van der Waals surface area contributed by atoms with Gasteiger partial charge in [0.05, 0.1) is 5.56 Å². The lowest BCUT2D eigenvalue weighted by atomic mass is 10.0. The highest BCUT2D eigenvalue weighted by Gasteiger charge is 2.12. The van der Waals surface area contributed by atoms with Gasteiger partial charge in [-0.25, -0.2) is 4.79 Å². The van der Waals surface area contributed by atoms with Gasteiger partial charge in [0.15, 0.2) is 0 Å². The van der Waals surface area contributed by atoms with Crippen molar-refractivity contribution >= 4 is 21.9 Å². The van der Waals surface area contributed by atoms with Crippen molar-refractivity contribution in [3.63, 3.8) is 0 Å². The summed E-state index contributed by atoms with van der Waals surface area (Å²) in [5.74, 6) is -0.945. The number of aromatic carboxylic acids is 1. The summed E-state index contributed by atoms with van der Waals surface area (Å²) < 4.78 is 0.838. The van der Waals surface area contributed by atoms with Gasteiger partial charge >= 0.3 is 5.97 Å². The van der Waals surface area contributed by atoms with E-state index in [9.17, 15) is 4.79 Å². The summed E-state index contributed by atoms with van der Waals surface area (Å²) in [6, 6.07) is 4.69. The van der Waals surface area contributed by atoms with Gasteiger partial charge in [-0.3, -0.25) is 0 Å². The van der Waals surface area contributed by atoms with E-state index in [1.807, 2.05) is 0 Å². The number of nitrogens with two attached hydrogens (primary N) is 1. The van der Waals surface area contributed by atoms with Crippen LogP contribution in [0.5, 0.6) is 0 Å². The van der Waals surface area contributed by atoms with Crippen LogP contribution in [0.1, 0.15) is 28.9 Å². The Kier molecular flexibility index (Phi) is 3.06. The van der Waals surface area contributed by atoms with E-state index in [0.717, 1.165) is 4.47 Å². The zero-order valence-electron chi connectivity index (χ0n) is 7.12. The van der Waals surface area contributed by atoms with Gasteiger partial charge in [0.25, 0.3) is 0 Å². The molecule has 0 saturated heterocycles. The van der Waals surface area contributed by atoms with Crippen LogP contribution in [0.2, 0.25) is 0 Å². The van der Waals surface area contributed by atoms with E-state index < -0.39 is 5.97 Å². The maximum absolute atomic E-state index is 10.8. The molecule has 1 aromatic rings. The molecule has 3 N–H and O–H groups in total. The van der Waals surface area contributed by atoms with Crippen LogP contribution in [0, 0.1) is 0 Å². The quantitative estimate of drug-likeness (QED) is 0.837. The van der Waals surface area contributed by atoms with Crippen LogP contribution in [-0.2, 0) is 0 Å². The maximum Gasteiger partial charge on any atom is 0.336 e. The second kappa shape index (κ2) is 3.89. The van der Waals surface area contributed by atoms with Gasteiger partial charge in [-0.1, -0.05) is 15.9 Å². The summed E-state index contributed by atoms with van der Waals surface area (Å²) in [4.78, 5) is 10.8. The van der Waals surface area contributed by atoms with Gasteiger partial charge in [-0.05, 0) is 30.7 Å². The first-order chi connectivity index (χ1) is 6.02. The molecule has 1 atom stereocenters. The highest BCUT2D eigenvalue weighted by Crippen LogP contribution is 2.21. The predicted octanol–water partition coefficient (Wildman–Crippen LogP) is 2.17. The first kappa shape index (κ1) is 10.2. The molecule has 3 nitrogen and oxygen atoms in total. The Morgan fingerprint density at radius 3 is 2.69 bits per heavy atom. The molecule has 0 fully saturated rings. The van der Waals surface area contributed by atoms with E-state index >= 15 is 0 Å². The molecule has 0 radical (unpaired) electrons. The van der Waals surface area contributed by atoms with Crippen molar-refractivity contribution < 1.29 is 9.90 Å². The summed E-state index contributed by atoms with van der Waals surface area (Å²) in [5.41, 5.74) is 6.54. The molecule has 0 aliphatic rings. The van der Waals surface area contributed by atoms with Gasteiger partial charge in [-0.2, -0.15) is 0 Å². The van der Waals surface area contributed by atoms with Gasteiger partial charge < -0.3 is 10.8 Å². The minimum Gasteiger partial charge on any atom is -0.478 e. The number of carboxylic acid groups (broad SMARTS) is 1. The highest BCUT2D eigenvalue weighted by atomic mass is 79.9. The van der Waals surface area contributed by atoms with Crippen LogP contribution in [0.25, 0.3) is 0 Å². The third-order valence-corrected chi connectivity index (χ3v) is 2.23. The Morgan fingerprint density at radius 1 is 1.62 bits per heavy atom. The summed E-state index contributed by atoms with van der Waals surface area (Å²) in [6.07, 6.45) is 0. The molecular weight excluding hydrogens is 234 g/mol. The summed E-state index contributed by atoms with van der Waals surface area (Å²) in [5, 5.41) is 8.83. The Hall–Kier alpha value is -0.870. The fourth-order valence-corrected chi connectivity index (χ4v) is 1.48. The lowest BCUT2D eigenvalue weighted by molar-refractivity contribution is 0.0695. The van der Waals surface area contributed by atoms with Crippen LogP contribution in [-0.4, -0.2) is 11.1 Å². The zero-order valence-corrected chi connectivity index (χ0v) is 8.71. The fourth-order valence-electron chi connectivity index (χ4n) is 1.11. The first-order valence-electron chi connectivity index (χ1n) is 3.80. The third-order valence-electron chi connectivity index (χ3n) is 1.73. The number of benzene rings is 1. The maximum atomic E-state index is 10.8. The van der Waals surface area contributed by atoms with Gasteiger partial charge in [0, 0.05) is 10.5 Å². The van der Waals surface area contributed by atoms with Crippen molar-refractivity contribution in [2.45, 2.75) is 13.0 Å². The van der Waals surface area contributed by atoms with Gasteiger partial charge in [0.1, 0.15) is 0 Å². The summed E-state index contributed by atoms with van der Waals surface area (Å²) in [7, 11) is 0. The smallest absolute Gasteiger partial charge is 0.336 e. The molecule has 0 heterocycles. The molecular formula is C9H10BrNO2. The normalized spacial score (nSPS) is 12.5. The van der Waals surface area contributed by atoms with Crippen molar-refractivity contribution in [3.8, 4) is 0 Å². The summed E-state index contributed by atoms with van der Waals surface area (Å²) >= 11 is 3.27. The molecule has 0 spiro atoms. The first-order valence-corrected chi connectivity index (χ1v) is 4.60. The minimum atomic E-state index is -0.945. The second-order valence-electron chi connectivity index (χ2n) is 2.83. The van der Waals surface area contributed by atoms with E-state index in [0.29, 0.717) is 5.56 Å². The average molecular weight is 244 g/mol. The SMILES string of the molecule is C[C@H](N)c1cc(Br)ccc1C(=O)O. The fraction of sp³-hybridized carbons (Fsp3) is 0.222. The Morgan fingerprint density at radius 2 is 2.23 bits per heavy atom. The molecule has 0 aromatic heterocycles. The molecule has 4 heteroatoms. The number of carbonyl (C=O) groups is 1. The molecule has 13 heavy (non-hydrogen) atoms. The van der Waals surface area contributed by atoms with Crippen molar-refractivity contribution in [1.82, 2.24) is 0 Å². The predicted molar refractivity (Wildman–Crippen MR) is 53.7 cm³/mol. The van der Waals surface area contributed by atoms with Crippen LogP contribution in [0.3, 0.4) is 0 Å². The Balaban J connectivity index is 3.26. The monoisotopic (exact) mass is 243 g/mol. The number of hydrogen-bond donors (Lipinski definition) is 2. The minimum absolute atomic E-state index is 0.262. The number of carboxylic acids is 1. The molecule has 0 aliphatic carbocycles. The number of hydrogen-bond acceptors (Lipinski definition) is 2. The number of halogens is 1. The average Bonchev–Trinajstić information content (AvgIpc) is 2.03. The molecule has 0 saturated carbocycles. The molecule has 0 amide bonds. The van der Waals surface area contributed by atoms with Crippen molar-refractivity contribution in [3.05, 3.63) is 33.8 Å². The topological polar surface area (TPSA) is 63.3 Å². The third kappa shape index (κ3) is 2.29. The van der Waals surface area contributed by atoms with Crippen LogP contribution >= 0.6 is 15.9 Å². The summed E-state index contributed by atoms with van der Waals surface area (Å²) in [6.45, 7) is 1.76. The van der Waals surface area contributed by atoms with Crippen molar-refractivity contribution in [2.24, 2.45) is 5.73 Å². The molecule has 1 rings (SSSR count). The van der Waals surface area contributed by atoms with E-state index in [1.165, 1.54) is 0 Å². The van der Waals surface area contributed by atoms with E-state index in [4.69, 9.17) is 10.8 Å². The lowest BCUT2D eigenvalue weighted by Crippen LogP contribution is -2.11. The molecule has 0 aliphatic heterocycles. The molecule has 0 unspecified atom stereocenters. The van der Waals surface area contributed by atoms with Crippen LogP contribution in [0.4, 0.5) is 0 Å². The Labute approximate surface area is 84.7 Å². The number of rotatable bonds is 2. The second-order valence-corrected chi connectivity index (χ2v) is 3.74. The molecule has 1 aromatic carbocycles. The van der Waals surface area contributed by atoms with Crippen molar-refractivity contribution in [2.75, 3.05) is 0 Å². The Bertz CT molecular complexity index is 336. The van der Waals surface area contributed by atoms with Crippen LogP contribution < -0.4 is 5.73 Å². The largest absolute Gasteiger partial charge is 0.478 e. The lowest BCUT2D eigenvalue weighted by Gasteiger charge is -2.09.